The number of amides is 2. The SMILES string of the molecule is CCCCCCCCCC(=O)NCC(=O)NN=Cc1ccc(OC(=O)c2ccccc2Cl)cc1. The average Bonchev–Trinajstić information content (AvgIpc) is 2.83. The number of hydrogen-bond acceptors (Lipinski definition) is 5. The van der Waals surface area contributed by atoms with Crippen molar-refractivity contribution in [2.24, 2.45) is 5.10 Å². The number of nitrogens with one attached hydrogen (secondary N) is 2. The Kier molecular flexibility index (Phi) is 12.4. The van der Waals surface area contributed by atoms with E-state index >= 15 is 0 Å². The van der Waals surface area contributed by atoms with E-state index in [-0.39, 0.29) is 18.0 Å². The molecular weight excluding hydrogens is 454 g/mol. The zero-order valence-corrected chi connectivity index (χ0v) is 20.3. The molecular formula is C26H32ClN3O4. The minimum atomic E-state index is -0.548. The van der Waals surface area contributed by atoms with Crippen LogP contribution in [0.2, 0.25) is 5.02 Å². The molecule has 2 aromatic carbocycles. The number of benzene rings is 2. The maximum atomic E-state index is 12.2. The van der Waals surface area contributed by atoms with Gasteiger partial charge in [0.05, 0.1) is 23.3 Å². The van der Waals surface area contributed by atoms with Gasteiger partial charge in [0, 0.05) is 6.42 Å². The van der Waals surface area contributed by atoms with Crippen LogP contribution in [-0.2, 0) is 9.59 Å². The second-order valence-corrected chi connectivity index (χ2v) is 8.29. The number of hydrazone groups is 1. The highest BCUT2D eigenvalue weighted by atomic mass is 35.5. The van der Waals surface area contributed by atoms with Crippen LogP contribution in [0.1, 0.15) is 74.2 Å². The van der Waals surface area contributed by atoms with Crippen LogP contribution in [0.4, 0.5) is 0 Å². The molecule has 0 heterocycles. The standard InChI is InChI=1S/C26H32ClN3O4/c1-2-3-4-5-6-7-8-13-24(31)28-19-25(32)30-29-18-20-14-16-21(17-15-20)34-26(33)22-11-9-10-12-23(22)27/h9-12,14-18H,2-8,13,19H2,1H3,(H,28,31)(H,30,32). The number of halogens is 1. The van der Waals surface area contributed by atoms with E-state index in [1.54, 1.807) is 48.5 Å². The molecule has 182 valence electrons. The summed E-state index contributed by atoms with van der Waals surface area (Å²) in [7, 11) is 0. The minimum Gasteiger partial charge on any atom is -0.423 e. The van der Waals surface area contributed by atoms with Crippen LogP contribution in [-0.4, -0.2) is 30.5 Å². The Hall–Kier alpha value is -3.19. The third-order valence-electron chi connectivity index (χ3n) is 5.04. The highest BCUT2D eigenvalue weighted by molar-refractivity contribution is 6.33. The fourth-order valence-electron chi connectivity index (χ4n) is 3.14. The van der Waals surface area contributed by atoms with Crippen LogP contribution in [0.15, 0.2) is 53.6 Å². The summed E-state index contributed by atoms with van der Waals surface area (Å²) in [6, 6.07) is 13.3. The van der Waals surface area contributed by atoms with Gasteiger partial charge in [-0.3, -0.25) is 9.59 Å². The van der Waals surface area contributed by atoms with Crippen molar-refractivity contribution in [1.29, 1.82) is 0 Å². The van der Waals surface area contributed by atoms with Gasteiger partial charge >= 0.3 is 5.97 Å². The van der Waals surface area contributed by atoms with E-state index in [9.17, 15) is 14.4 Å². The van der Waals surface area contributed by atoms with E-state index in [1.165, 1.54) is 31.9 Å². The van der Waals surface area contributed by atoms with Gasteiger partial charge in [0.1, 0.15) is 5.75 Å². The molecule has 0 aliphatic heterocycles. The van der Waals surface area contributed by atoms with Gasteiger partial charge < -0.3 is 10.1 Å². The molecule has 0 atom stereocenters. The van der Waals surface area contributed by atoms with Crippen LogP contribution in [0.3, 0.4) is 0 Å². The van der Waals surface area contributed by atoms with Crippen LogP contribution < -0.4 is 15.5 Å². The van der Waals surface area contributed by atoms with Crippen LogP contribution in [0.5, 0.6) is 5.75 Å². The summed E-state index contributed by atoms with van der Waals surface area (Å²) in [5, 5.41) is 6.80. The zero-order valence-electron chi connectivity index (χ0n) is 19.5. The van der Waals surface area contributed by atoms with E-state index in [0.717, 1.165) is 19.3 Å². The molecule has 34 heavy (non-hydrogen) atoms. The molecule has 0 fully saturated rings. The highest BCUT2D eigenvalue weighted by Gasteiger charge is 2.12. The summed E-state index contributed by atoms with van der Waals surface area (Å²) >= 11 is 6.00. The summed E-state index contributed by atoms with van der Waals surface area (Å²) < 4.78 is 5.31. The zero-order chi connectivity index (χ0) is 24.6. The molecule has 0 radical (unpaired) electrons. The minimum absolute atomic E-state index is 0.121. The third-order valence-corrected chi connectivity index (χ3v) is 5.37. The number of esters is 1. The van der Waals surface area contributed by atoms with Crippen LogP contribution >= 0.6 is 11.6 Å². The Morgan fingerprint density at radius 2 is 1.59 bits per heavy atom. The predicted molar refractivity (Wildman–Crippen MR) is 134 cm³/mol. The van der Waals surface area contributed by atoms with Gasteiger partial charge in [0.25, 0.3) is 5.91 Å². The maximum Gasteiger partial charge on any atom is 0.345 e. The molecule has 0 saturated heterocycles. The predicted octanol–water partition coefficient (Wildman–Crippen LogP) is 5.27. The van der Waals surface area contributed by atoms with E-state index in [0.29, 0.717) is 22.8 Å². The molecule has 0 unspecified atom stereocenters. The van der Waals surface area contributed by atoms with Gasteiger partial charge in [-0.05, 0) is 48.4 Å². The van der Waals surface area contributed by atoms with Crippen molar-refractivity contribution in [3.05, 3.63) is 64.7 Å². The molecule has 2 amide bonds. The van der Waals surface area contributed by atoms with Gasteiger partial charge in [-0.2, -0.15) is 5.10 Å². The number of carbonyl (C=O) groups is 3. The number of nitrogens with zero attached hydrogens (tertiary/aromatic N) is 1. The van der Waals surface area contributed by atoms with Crippen molar-refractivity contribution in [1.82, 2.24) is 10.7 Å². The first kappa shape index (κ1) is 27.1. The summed E-state index contributed by atoms with van der Waals surface area (Å²) in [6.45, 7) is 2.07. The van der Waals surface area contributed by atoms with E-state index in [2.05, 4.69) is 22.8 Å². The average molecular weight is 486 g/mol. The monoisotopic (exact) mass is 485 g/mol. The molecule has 8 heteroatoms. The fourth-order valence-corrected chi connectivity index (χ4v) is 3.35. The lowest BCUT2D eigenvalue weighted by Crippen LogP contribution is -2.34. The van der Waals surface area contributed by atoms with E-state index in [4.69, 9.17) is 16.3 Å². The molecule has 2 rings (SSSR count). The molecule has 0 aliphatic carbocycles. The molecule has 0 saturated carbocycles. The lowest BCUT2D eigenvalue weighted by atomic mass is 10.1. The van der Waals surface area contributed by atoms with Crippen LogP contribution in [0.25, 0.3) is 0 Å². The van der Waals surface area contributed by atoms with Gasteiger partial charge in [-0.15, -0.1) is 0 Å². The van der Waals surface area contributed by atoms with E-state index < -0.39 is 11.9 Å². The van der Waals surface area contributed by atoms with Crippen molar-refractivity contribution in [3.8, 4) is 5.75 Å². The van der Waals surface area contributed by atoms with Crippen molar-refractivity contribution >= 4 is 35.6 Å². The number of carbonyl (C=O) groups excluding carboxylic acids is 3. The van der Waals surface area contributed by atoms with Gasteiger partial charge in [0.2, 0.25) is 5.91 Å². The highest BCUT2D eigenvalue weighted by Crippen LogP contribution is 2.19. The molecule has 2 aromatic rings. The van der Waals surface area contributed by atoms with Crippen molar-refractivity contribution in [3.63, 3.8) is 0 Å². The lowest BCUT2D eigenvalue weighted by molar-refractivity contribution is -0.126. The molecule has 0 aromatic heterocycles. The van der Waals surface area contributed by atoms with E-state index in [1.807, 2.05) is 0 Å². The van der Waals surface area contributed by atoms with Crippen molar-refractivity contribution in [2.45, 2.75) is 58.3 Å². The molecule has 0 bridgehead atoms. The summed E-state index contributed by atoms with van der Waals surface area (Å²) in [5.74, 6) is -0.729. The largest absolute Gasteiger partial charge is 0.423 e. The molecule has 0 spiro atoms. The first-order valence-corrected chi connectivity index (χ1v) is 12.0. The Morgan fingerprint density at radius 3 is 2.29 bits per heavy atom. The number of rotatable bonds is 14. The Morgan fingerprint density at radius 1 is 0.912 bits per heavy atom. The topological polar surface area (TPSA) is 96.9 Å². The Bertz CT molecular complexity index is 961. The first-order valence-electron chi connectivity index (χ1n) is 11.6. The van der Waals surface area contributed by atoms with Crippen molar-refractivity contribution in [2.75, 3.05) is 6.54 Å². The molecule has 7 nitrogen and oxygen atoms in total. The molecule has 0 aliphatic rings. The van der Waals surface area contributed by atoms with Crippen LogP contribution in [0, 0.1) is 0 Å². The van der Waals surface area contributed by atoms with Gasteiger partial charge in [-0.25, -0.2) is 10.2 Å². The Balaban J connectivity index is 1.64. The van der Waals surface area contributed by atoms with Crippen molar-refractivity contribution < 1.29 is 19.1 Å². The third kappa shape index (κ3) is 10.6. The second-order valence-electron chi connectivity index (χ2n) is 7.88. The normalized spacial score (nSPS) is 10.8. The molecule has 2 N–H and O–H groups in total. The Labute approximate surface area is 205 Å². The number of unbranched alkanes of at least 4 members (excludes halogenated alkanes) is 6. The van der Waals surface area contributed by atoms with Gasteiger partial charge in [-0.1, -0.05) is 69.2 Å². The second kappa shape index (κ2) is 15.6. The first-order chi connectivity index (χ1) is 16.5. The summed E-state index contributed by atoms with van der Waals surface area (Å²) in [6.07, 6.45) is 9.86. The van der Waals surface area contributed by atoms with Gasteiger partial charge in [0.15, 0.2) is 0 Å². The number of hydrogen-bond donors (Lipinski definition) is 2. The number of ether oxygens (including phenoxy) is 1. The summed E-state index contributed by atoms with van der Waals surface area (Å²) in [4.78, 5) is 35.9. The summed E-state index contributed by atoms with van der Waals surface area (Å²) in [5.41, 5.74) is 3.35. The smallest absolute Gasteiger partial charge is 0.345 e. The quantitative estimate of drug-likeness (QED) is 0.125. The maximum absolute atomic E-state index is 12.2. The fraction of sp³-hybridized carbons (Fsp3) is 0.385. The lowest BCUT2D eigenvalue weighted by Gasteiger charge is -2.06.